The van der Waals surface area contributed by atoms with Crippen LogP contribution in [-0.2, 0) is 9.84 Å². The smallest absolute Gasteiger partial charge is 0.331 e. The molecule has 2 heterocycles. The molecule has 1 aromatic heterocycles. The maximum absolute atomic E-state index is 13.1. The predicted molar refractivity (Wildman–Crippen MR) is 55.3 cm³/mol. The van der Waals surface area contributed by atoms with Gasteiger partial charge in [-0.15, -0.1) is 0 Å². The number of nitrogens with zero attached hydrogens (tertiary/aromatic N) is 1. The molecule has 1 aromatic rings. The molecule has 0 spiro atoms. The second-order valence-corrected chi connectivity index (χ2v) is 6.05. The number of aromatic nitrogens is 2. The van der Waals surface area contributed by atoms with Gasteiger partial charge < -0.3 is 5.11 Å². The van der Waals surface area contributed by atoms with Crippen molar-refractivity contribution >= 4 is 9.84 Å². The lowest BCUT2D eigenvalue weighted by molar-refractivity contribution is 0.340. The normalized spacial score (nSPS) is 22.8. The van der Waals surface area contributed by atoms with Gasteiger partial charge in [0, 0.05) is 0 Å². The molecule has 1 aliphatic heterocycles. The number of H-pyrrole nitrogens is 1. The molecule has 1 aliphatic rings. The molecule has 0 amide bonds. The Labute approximate surface area is 94.4 Å². The summed E-state index contributed by atoms with van der Waals surface area (Å²) in [6, 6.07) is -0.848. The lowest BCUT2D eigenvalue weighted by Crippen LogP contribution is -2.34. The second kappa shape index (κ2) is 3.69. The third kappa shape index (κ3) is 1.97. The molecule has 2 rings (SSSR count). The Balaban J connectivity index is 2.58. The SMILES string of the molecule is O=c1[nH]c(=O)n(C2CCS(=O)(=O)C2)c(O)c1F. The van der Waals surface area contributed by atoms with Crippen LogP contribution in [0.25, 0.3) is 0 Å². The zero-order valence-electron chi connectivity index (χ0n) is 8.51. The van der Waals surface area contributed by atoms with Crippen molar-refractivity contribution in [3.05, 3.63) is 26.7 Å². The van der Waals surface area contributed by atoms with Gasteiger partial charge in [-0.2, -0.15) is 4.39 Å². The third-order valence-corrected chi connectivity index (χ3v) is 4.39. The van der Waals surface area contributed by atoms with Crippen molar-refractivity contribution in [1.29, 1.82) is 0 Å². The molecule has 1 unspecified atom stereocenters. The maximum Gasteiger partial charge on any atom is 0.331 e. The minimum absolute atomic E-state index is 0.0985. The standard InChI is InChI=1S/C8H9FN2O5S/c9-5-6(12)10-8(14)11(7(5)13)4-1-2-17(15,16)3-4/h4,13H,1-3H2,(H,10,12,14). The van der Waals surface area contributed by atoms with Crippen molar-refractivity contribution in [3.8, 4) is 5.88 Å². The first-order valence-corrected chi connectivity index (χ1v) is 6.57. The monoisotopic (exact) mass is 264 g/mol. The average molecular weight is 264 g/mol. The Kier molecular flexibility index (Phi) is 2.57. The Hall–Kier alpha value is -1.64. The zero-order chi connectivity index (χ0) is 12.8. The molecule has 9 heteroatoms. The first-order chi connectivity index (χ1) is 7.82. The van der Waals surface area contributed by atoms with Crippen molar-refractivity contribution in [1.82, 2.24) is 9.55 Å². The molecule has 7 nitrogen and oxygen atoms in total. The van der Waals surface area contributed by atoms with Gasteiger partial charge in [0.1, 0.15) is 0 Å². The van der Waals surface area contributed by atoms with E-state index in [1.54, 1.807) is 4.98 Å². The fourth-order valence-electron chi connectivity index (χ4n) is 1.83. The van der Waals surface area contributed by atoms with Gasteiger partial charge in [0.15, 0.2) is 9.84 Å². The molecule has 1 fully saturated rings. The highest BCUT2D eigenvalue weighted by atomic mass is 32.2. The van der Waals surface area contributed by atoms with Gasteiger partial charge in [-0.05, 0) is 6.42 Å². The minimum atomic E-state index is -3.29. The van der Waals surface area contributed by atoms with Gasteiger partial charge in [-0.3, -0.25) is 14.3 Å². The summed E-state index contributed by atoms with van der Waals surface area (Å²) in [5.41, 5.74) is -2.35. The molecule has 0 radical (unpaired) electrons. The van der Waals surface area contributed by atoms with Crippen LogP contribution in [0, 0.1) is 5.82 Å². The Bertz CT molecular complexity index is 674. The van der Waals surface area contributed by atoms with Gasteiger partial charge >= 0.3 is 5.69 Å². The highest BCUT2D eigenvalue weighted by Gasteiger charge is 2.32. The summed E-state index contributed by atoms with van der Waals surface area (Å²) in [6.07, 6.45) is 0.0985. The van der Waals surface area contributed by atoms with E-state index in [1.165, 1.54) is 0 Å². The van der Waals surface area contributed by atoms with E-state index in [4.69, 9.17) is 0 Å². The van der Waals surface area contributed by atoms with Gasteiger partial charge in [-0.1, -0.05) is 0 Å². The second-order valence-electron chi connectivity index (χ2n) is 3.82. The molecule has 94 valence electrons. The van der Waals surface area contributed by atoms with Gasteiger partial charge in [0.2, 0.25) is 11.7 Å². The Morgan fingerprint density at radius 2 is 2.06 bits per heavy atom. The van der Waals surface area contributed by atoms with Crippen LogP contribution >= 0.6 is 0 Å². The summed E-state index contributed by atoms with van der Waals surface area (Å²) in [5, 5.41) is 9.36. The van der Waals surface area contributed by atoms with Crippen LogP contribution in [-0.4, -0.2) is 34.6 Å². The molecule has 0 aromatic carbocycles. The van der Waals surface area contributed by atoms with E-state index >= 15 is 0 Å². The van der Waals surface area contributed by atoms with E-state index in [1.807, 2.05) is 0 Å². The molecule has 1 atom stereocenters. The number of halogens is 1. The van der Waals surface area contributed by atoms with Gasteiger partial charge in [-0.25, -0.2) is 13.2 Å². The number of hydrogen-bond acceptors (Lipinski definition) is 5. The highest BCUT2D eigenvalue weighted by molar-refractivity contribution is 7.91. The zero-order valence-corrected chi connectivity index (χ0v) is 9.33. The topological polar surface area (TPSA) is 109 Å². The number of rotatable bonds is 1. The van der Waals surface area contributed by atoms with Crippen LogP contribution in [0.5, 0.6) is 5.88 Å². The van der Waals surface area contributed by atoms with Crippen LogP contribution < -0.4 is 11.2 Å². The van der Waals surface area contributed by atoms with Crippen molar-refractivity contribution < 1.29 is 17.9 Å². The molecular weight excluding hydrogens is 255 g/mol. The Morgan fingerprint density at radius 1 is 1.41 bits per heavy atom. The fourth-order valence-corrected chi connectivity index (χ4v) is 3.53. The van der Waals surface area contributed by atoms with Crippen LogP contribution in [0.2, 0.25) is 0 Å². The molecule has 2 N–H and O–H groups in total. The molecular formula is C8H9FN2O5S. The first-order valence-electron chi connectivity index (χ1n) is 4.75. The van der Waals surface area contributed by atoms with E-state index in [2.05, 4.69) is 0 Å². The van der Waals surface area contributed by atoms with Crippen molar-refractivity contribution in [2.24, 2.45) is 0 Å². The molecule has 0 saturated carbocycles. The lowest BCUT2D eigenvalue weighted by Gasteiger charge is -2.13. The third-order valence-electron chi connectivity index (χ3n) is 2.64. The van der Waals surface area contributed by atoms with Crippen LogP contribution in [0.1, 0.15) is 12.5 Å². The van der Waals surface area contributed by atoms with E-state index in [9.17, 15) is 27.5 Å². The van der Waals surface area contributed by atoms with E-state index in [0.717, 1.165) is 0 Å². The van der Waals surface area contributed by atoms with E-state index < -0.39 is 38.8 Å². The molecule has 0 aliphatic carbocycles. The Morgan fingerprint density at radius 3 is 2.59 bits per heavy atom. The van der Waals surface area contributed by atoms with Crippen molar-refractivity contribution in [2.45, 2.75) is 12.5 Å². The summed E-state index contributed by atoms with van der Waals surface area (Å²) < 4.78 is 36.1. The number of nitrogens with one attached hydrogen (secondary N) is 1. The van der Waals surface area contributed by atoms with Crippen molar-refractivity contribution in [2.75, 3.05) is 11.5 Å². The summed E-state index contributed by atoms with van der Waals surface area (Å²) >= 11 is 0. The molecule has 17 heavy (non-hydrogen) atoms. The summed E-state index contributed by atoms with van der Waals surface area (Å²) in [5.74, 6) is -3.11. The summed E-state index contributed by atoms with van der Waals surface area (Å²) in [7, 11) is -3.29. The minimum Gasteiger partial charge on any atom is -0.492 e. The average Bonchev–Trinajstić information content (AvgIpc) is 2.55. The fraction of sp³-hybridized carbons (Fsp3) is 0.500. The molecule has 0 bridgehead atoms. The first kappa shape index (κ1) is 11.8. The quantitative estimate of drug-likeness (QED) is 0.658. The number of sulfone groups is 1. The van der Waals surface area contributed by atoms with Gasteiger partial charge in [0.05, 0.1) is 17.5 Å². The lowest BCUT2D eigenvalue weighted by atomic mass is 10.2. The van der Waals surface area contributed by atoms with Crippen LogP contribution in [0.15, 0.2) is 9.59 Å². The van der Waals surface area contributed by atoms with E-state index in [-0.39, 0.29) is 17.9 Å². The maximum atomic E-state index is 13.1. The predicted octanol–water partition coefficient (Wildman–Crippen LogP) is -1.26. The van der Waals surface area contributed by atoms with Crippen LogP contribution in [0.3, 0.4) is 0 Å². The number of aromatic amines is 1. The van der Waals surface area contributed by atoms with E-state index in [0.29, 0.717) is 4.57 Å². The highest BCUT2D eigenvalue weighted by Crippen LogP contribution is 2.25. The molecule has 1 saturated heterocycles. The number of hydrogen-bond donors (Lipinski definition) is 2. The van der Waals surface area contributed by atoms with Crippen molar-refractivity contribution in [3.63, 3.8) is 0 Å². The summed E-state index contributed by atoms with van der Waals surface area (Å²) in [6.45, 7) is 0. The summed E-state index contributed by atoms with van der Waals surface area (Å²) in [4.78, 5) is 23.9. The van der Waals surface area contributed by atoms with Gasteiger partial charge in [0.25, 0.3) is 5.56 Å². The largest absolute Gasteiger partial charge is 0.492 e. The van der Waals surface area contributed by atoms with Crippen LogP contribution in [0.4, 0.5) is 4.39 Å². The number of aromatic hydroxyl groups is 1.